The Morgan fingerprint density at radius 1 is 0.980 bits per heavy atom. The van der Waals surface area contributed by atoms with Crippen LogP contribution in [0.5, 0.6) is 5.75 Å². The van der Waals surface area contributed by atoms with Gasteiger partial charge in [-0.3, -0.25) is 24.1 Å². The summed E-state index contributed by atoms with van der Waals surface area (Å²) in [4.78, 5) is 52.8. The zero-order valence-corrected chi connectivity index (χ0v) is 28.7. The molecular formula is C38H40FN3O9. The van der Waals surface area contributed by atoms with Gasteiger partial charge >= 0.3 is 5.97 Å². The predicted molar refractivity (Wildman–Crippen MR) is 186 cm³/mol. The Balaban J connectivity index is 0.000000236. The zero-order valence-electron chi connectivity index (χ0n) is 28.7. The van der Waals surface area contributed by atoms with Crippen molar-refractivity contribution in [3.8, 4) is 16.9 Å². The highest BCUT2D eigenvalue weighted by molar-refractivity contribution is 6.24. The number of fused-ring (bicyclic) bond motifs is 3. The molecule has 3 aromatic carbocycles. The molecule has 3 aromatic rings. The van der Waals surface area contributed by atoms with Crippen LogP contribution in [-0.4, -0.2) is 93.7 Å². The van der Waals surface area contributed by atoms with E-state index in [0.717, 1.165) is 11.3 Å². The fourth-order valence-corrected chi connectivity index (χ4v) is 7.44. The van der Waals surface area contributed by atoms with Crippen molar-refractivity contribution in [1.29, 1.82) is 0 Å². The Bertz CT molecular complexity index is 2010. The molecule has 1 unspecified atom stereocenters. The van der Waals surface area contributed by atoms with Crippen LogP contribution in [0.1, 0.15) is 36.0 Å². The second-order valence-corrected chi connectivity index (χ2v) is 13.5. The standard InChI is InChI=1S/C23H27N3O7.C15H13FO2/c1-25(2)12-5-6-13(27)15-10(12)7-9-8-11-17(26(3)4)19(29)16(22(24)32)21(31)23(11,33)20(30)14(9)18(15)28;1-10(15(17)18)12-7-8-13(14(16)9-12)11-5-3-2-4-6-11/h5-6,9,11,17,27-28,31,33H,7-8H2,1-4H3,(H2,24,32);2-10H,1H3,(H,17,18)/t9-,11-,17-,23-;/m0./s1. The Morgan fingerprint density at radius 2 is 1.63 bits per heavy atom. The topological polar surface area (TPSA) is 202 Å². The average molecular weight is 702 g/mol. The molecule has 3 aliphatic rings. The van der Waals surface area contributed by atoms with E-state index >= 15 is 0 Å². The van der Waals surface area contributed by atoms with Crippen molar-refractivity contribution < 1.29 is 49.1 Å². The molecule has 0 heterocycles. The van der Waals surface area contributed by atoms with Crippen molar-refractivity contribution >= 4 is 34.9 Å². The second kappa shape index (κ2) is 13.6. The number of carboxylic acids is 1. The number of aliphatic hydroxyl groups is 3. The van der Waals surface area contributed by atoms with Gasteiger partial charge in [0.05, 0.1) is 17.5 Å². The van der Waals surface area contributed by atoms with E-state index in [9.17, 15) is 44.0 Å². The lowest BCUT2D eigenvalue weighted by Gasteiger charge is -2.50. The molecule has 7 N–H and O–H groups in total. The minimum absolute atomic E-state index is 0.0638. The van der Waals surface area contributed by atoms with Crippen LogP contribution in [0.4, 0.5) is 10.1 Å². The predicted octanol–water partition coefficient (Wildman–Crippen LogP) is 3.71. The van der Waals surface area contributed by atoms with E-state index in [1.165, 1.54) is 17.0 Å². The third-order valence-electron chi connectivity index (χ3n) is 10.0. The van der Waals surface area contributed by atoms with E-state index in [4.69, 9.17) is 10.8 Å². The molecule has 13 heteroatoms. The molecule has 5 atom stereocenters. The number of aromatic hydroxyl groups is 1. The molecule has 0 bridgehead atoms. The van der Waals surface area contributed by atoms with Crippen LogP contribution >= 0.6 is 0 Å². The third kappa shape index (κ3) is 6.12. The highest BCUT2D eigenvalue weighted by Gasteiger charge is 2.64. The molecule has 0 spiro atoms. The first-order chi connectivity index (χ1) is 23.9. The van der Waals surface area contributed by atoms with Crippen LogP contribution in [0, 0.1) is 17.7 Å². The number of benzene rings is 3. The fraction of sp³-hybridized carbons (Fsp3) is 0.316. The van der Waals surface area contributed by atoms with Gasteiger partial charge in [-0.15, -0.1) is 0 Å². The van der Waals surface area contributed by atoms with Crippen molar-refractivity contribution in [3.05, 3.63) is 100 Å². The summed E-state index contributed by atoms with van der Waals surface area (Å²) >= 11 is 0. The number of amides is 1. The van der Waals surface area contributed by atoms with Gasteiger partial charge in [-0.05, 0) is 74.7 Å². The molecule has 0 radical (unpaired) electrons. The number of phenols is 1. The molecule has 1 amide bonds. The van der Waals surface area contributed by atoms with E-state index in [1.54, 1.807) is 39.2 Å². The zero-order chi connectivity index (χ0) is 37.7. The summed E-state index contributed by atoms with van der Waals surface area (Å²) in [7, 11) is 6.75. The molecule has 3 aliphatic carbocycles. The Kier molecular flexibility index (Phi) is 9.83. The van der Waals surface area contributed by atoms with E-state index in [-0.39, 0.29) is 29.7 Å². The lowest BCUT2D eigenvalue weighted by Crippen LogP contribution is -2.65. The number of aliphatic hydroxyl groups excluding tert-OH is 2. The summed E-state index contributed by atoms with van der Waals surface area (Å²) in [5.74, 6) is -8.60. The molecular weight excluding hydrogens is 661 g/mol. The number of carbonyl (C=O) groups is 4. The van der Waals surface area contributed by atoms with Crippen LogP contribution in [-0.2, 0) is 25.6 Å². The maximum atomic E-state index is 14.0. The molecule has 0 aromatic heterocycles. The highest BCUT2D eigenvalue weighted by Crippen LogP contribution is 2.53. The highest BCUT2D eigenvalue weighted by atomic mass is 19.1. The van der Waals surface area contributed by atoms with E-state index in [0.29, 0.717) is 16.7 Å². The first-order valence-electron chi connectivity index (χ1n) is 16.2. The summed E-state index contributed by atoms with van der Waals surface area (Å²) in [5.41, 5.74) is 4.89. The number of likely N-dealkylation sites (N-methyl/N-ethyl adjacent to an activating group) is 1. The quantitative estimate of drug-likeness (QED) is 0.205. The number of phenolic OH excluding ortho intramolecular Hbond substituents is 1. The number of anilines is 1. The number of hydrogen-bond acceptors (Lipinski definition) is 10. The Morgan fingerprint density at radius 3 is 2.18 bits per heavy atom. The Labute approximate surface area is 293 Å². The lowest BCUT2D eigenvalue weighted by atomic mass is 9.57. The number of nitrogens with two attached hydrogens (primary N) is 1. The van der Waals surface area contributed by atoms with Crippen LogP contribution in [0.25, 0.3) is 16.9 Å². The van der Waals surface area contributed by atoms with Gasteiger partial charge in [0.15, 0.2) is 11.4 Å². The Hall–Kier alpha value is -5.53. The summed E-state index contributed by atoms with van der Waals surface area (Å²) in [6, 6.07) is 15.8. The summed E-state index contributed by atoms with van der Waals surface area (Å²) in [5, 5.41) is 52.8. The number of aliphatic carboxylic acids is 1. The van der Waals surface area contributed by atoms with Crippen LogP contribution in [0.2, 0.25) is 0 Å². The number of Topliss-reactive ketones (excluding diaryl/α,β-unsaturated/α-hetero) is 2. The SMILES string of the molecule is CC(C(=O)O)c1ccc(-c2ccccc2)c(F)c1.CN(C)c1ccc(O)c2c1C[C@H]1C[C@H]3[C@H](N(C)C)C(=O)C(C(N)=O)=C(O)[C@@]3(O)C(=O)C1=C2O. The molecule has 12 nitrogen and oxygen atoms in total. The molecule has 0 aliphatic heterocycles. The number of carbonyl (C=O) groups excluding carboxylic acids is 3. The summed E-state index contributed by atoms with van der Waals surface area (Å²) in [6.45, 7) is 1.54. The number of rotatable bonds is 6. The first-order valence-corrected chi connectivity index (χ1v) is 16.2. The van der Waals surface area contributed by atoms with Gasteiger partial charge in [-0.1, -0.05) is 42.5 Å². The summed E-state index contributed by atoms with van der Waals surface area (Å²) in [6.07, 6.45) is 0.324. The van der Waals surface area contributed by atoms with E-state index < -0.39 is 75.7 Å². The molecule has 1 fully saturated rings. The third-order valence-corrected chi connectivity index (χ3v) is 10.0. The van der Waals surface area contributed by atoms with Gasteiger partial charge in [0.2, 0.25) is 5.78 Å². The molecule has 1 saturated carbocycles. The number of primary amides is 1. The monoisotopic (exact) mass is 701 g/mol. The largest absolute Gasteiger partial charge is 0.508 e. The summed E-state index contributed by atoms with van der Waals surface area (Å²) < 4.78 is 14.0. The van der Waals surface area contributed by atoms with Gasteiger partial charge < -0.3 is 36.2 Å². The fourth-order valence-electron chi connectivity index (χ4n) is 7.44. The number of ketones is 2. The van der Waals surface area contributed by atoms with Gasteiger partial charge in [-0.25, -0.2) is 4.39 Å². The smallest absolute Gasteiger partial charge is 0.310 e. The first kappa shape index (κ1) is 36.7. The van der Waals surface area contributed by atoms with E-state index in [1.807, 2.05) is 49.3 Å². The molecule has 268 valence electrons. The minimum atomic E-state index is -2.63. The van der Waals surface area contributed by atoms with Crippen LogP contribution < -0.4 is 10.6 Å². The van der Waals surface area contributed by atoms with Crippen molar-refractivity contribution in [1.82, 2.24) is 4.90 Å². The lowest BCUT2D eigenvalue weighted by molar-refractivity contribution is -0.153. The second-order valence-electron chi connectivity index (χ2n) is 13.5. The average Bonchev–Trinajstić information content (AvgIpc) is 3.06. The molecule has 51 heavy (non-hydrogen) atoms. The van der Waals surface area contributed by atoms with Gasteiger partial charge in [0, 0.05) is 36.8 Å². The van der Waals surface area contributed by atoms with Crippen molar-refractivity contribution in [2.45, 2.75) is 37.3 Å². The van der Waals surface area contributed by atoms with Gasteiger partial charge in [0.1, 0.15) is 28.7 Å². The van der Waals surface area contributed by atoms with Crippen LogP contribution in [0.3, 0.4) is 0 Å². The number of halogens is 1. The van der Waals surface area contributed by atoms with Gasteiger partial charge in [-0.2, -0.15) is 0 Å². The maximum absolute atomic E-state index is 14.0. The minimum Gasteiger partial charge on any atom is -0.508 e. The number of nitrogens with zero attached hydrogens (tertiary/aromatic N) is 2. The van der Waals surface area contributed by atoms with Crippen LogP contribution in [0.15, 0.2) is 77.6 Å². The van der Waals surface area contributed by atoms with Crippen molar-refractivity contribution in [2.75, 3.05) is 33.1 Å². The molecule has 6 rings (SSSR count). The number of hydrogen-bond donors (Lipinski definition) is 6. The molecule has 0 saturated heterocycles. The normalized spacial score (nSPS) is 23.1. The van der Waals surface area contributed by atoms with Gasteiger partial charge in [0.25, 0.3) is 5.91 Å². The van der Waals surface area contributed by atoms with Crippen molar-refractivity contribution in [3.63, 3.8) is 0 Å². The number of carboxylic acid groups (broad SMARTS) is 1. The van der Waals surface area contributed by atoms with E-state index in [2.05, 4.69) is 0 Å². The maximum Gasteiger partial charge on any atom is 0.310 e. The van der Waals surface area contributed by atoms with Crippen molar-refractivity contribution in [2.24, 2.45) is 17.6 Å².